The Morgan fingerprint density at radius 3 is 2.72 bits per heavy atom. The summed E-state index contributed by atoms with van der Waals surface area (Å²) >= 11 is 3.44. The van der Waals surface area contributed by atoms with Crippen LogP contribution in [0.25, 0.3) is 0 Å². The zero-order valence-electron chi connectivity index (χ0n) is 13.7. The Morgan fingerprint density at radius 2 is 1.88 bits per heavy atom. The molecule has 0 saturated carbocycles. The predicted octanol–water partition coefficient (Wildman–Crippen LogP) is 4.43. The van der Waals surface area contributed by atoms with Gasteiger partial charge in [0.15, 0.2) is 0 Å². The lowest BCUT2D eigenvalue weighted by Crippen LogP contribution is -2.16. The zero-order valence-corrected chi connectivity index (χ0v) is 15.3. The number of carbonyl (C=O) groups excluding carboxylic acids is 1. The highest BCUT2D eigenvalue weighted by molar-refractivity contribution is 9.10. The van der Waals surface area contributed by atoms with Crippen LogP contribution < -0.4 is 5.32 Å². The minimum absolute atomic E-state index is 0.0905. The molecule has 3 aromatic rings. The molecular formula is C20H18BrN3O. The molecule has 1 aliphatic carbocycles. The molecule has 0 radical (unpaired) electrons. The van der Waals surface area contributed by atoms with Gasteiger partial charge in [0.1, 0.15) is 5.82 Å². The van der Waals surface area contributed by atoms with Crippen LogP contribution in [0.2, 0.25) is 0 Å². The van der Waals surface area contributed by atoms with Crippen molar-refractivity contribution in [1.29, 1.82) is 0 Å². The van der Waals surface area contributed by atoms with Gasteiger partial charge in [-0.3, -0.25) is 4.79 Å². The number of nitrogens with zero attached hydrogens (tertiary/aromatic N) is 2. The van der Waals surface area contributed by atoms with Gasteiger partial charge in [-0.25, -0.2) is 4.68 Å². The van der Waals surface area contributed by atoms with Gasteiger partial charge in [-0.05, 0) is 60.2 Å². The molecule has 4 rings (SSSR count). The SMILES string of the molecule is O=C(Nc1ccnn1Cc1ccc(Br)cc1)c1ccc2c(c1)CCC2. The molecule has 1 heterocycles. The number of halogens is 1. The molecule has 0 unspecified atom stereocenters. The van der Waals surface area contributed by atoms with Crippen molar-refractivity contribution in [2.24, 2.45) is 0 Å². The fourth-order valence-electron chi connectivity index (χ4n) is 3.23. The van der Waals surface area contributed by atoms with Crippen molar-refractivity contribution >= 4 is 27.7 Å². The molecule has 25 heavy (non-hydrogen) atoms. The first-order valence-corrected chi connectivity index (χ1v) is 9.18. The topological polar surface area (TPSA) is 46.9 Å². The smallest absolute Gasteiger partial charge is 0.256 e. The molecule has 0 aliphatic heterocycles. The molecule has 0 bridgehead atoms. The third-order valence-electron chi connectivity index (χ3n) is 4.56. The largest absolute Gasteiger partial charge is 0.307 e. The van der Waals surface area contributed by atoms with E-state index in [-0.39, 0.29) is 5.91 Å². The molecule has 126 valence electrons. The van der Waals surface area contributed by atoms with Crippen LogP contribution in [0.1, 0.15) is 33.5 Å². The normalized spacial score (nSPS) is 12.8. The highest BCUT2D eigenvalue weighted by Crippen LogP contribution is 2.23. The van der Waals surface area contributed by atoms with E-state index in [1.807, 2.05) is 42.5 Å². The van der Waals surface area contributed by atoms with Gasteiger partial charge in [0.25, 0.3) is 5.91 Å². The highest BCUT2D eigenvalue weighted by atomic mass is 79.9. The Labute approximate surface area is 155 Å². The van der Waals surface area contributed by atoms with Crippen LogP contribution in [0.5, 0.6) is 0 Å². The number of hydrogen-bond donors (Lipinski definition) is 1. The van der Waals surface area contributed by atoms with Gasteiger partial charge in [-0.2, -0.15) is 5.10 Å². The lowest BCUT2D eigenvalue weighted by atomic mass is 10.1. The summed E-state index contributed by atoms with van der Waals surface area (Å²) in [7, 11) is 0. The Kier molecular flexibility index (Phi) is 4.40. The van der Waals surface area contributed by atoms with Crippen LogP contribution in [0.4, 0.5) is 5.82 Å². The number of amides is 1. The Balaban J connectivity index is 1.50. The van der Waals surface area contributed by atoms with Crippen molar-refractivity contribution in [1.82, 2.24) is 9.78 Å². The summed E-state index contributed by atoms with van der Waals surface area (Å²) in [5, 5.41) is 7.31. The number of fused-ring (bicyclic) bond motifs is 1. The molecule has 0 spiro atoms. The van der Waals surface area contributed by atoms with E-state index in [0.29, 0.717) is 17.9 Å². The molecule has 1 N–H and O–H groups in total. The number of aromatic nitrogens is 2. The van der Waals surface area contributed by atoms with Crippen molar-refractivity contribution in [2.45, 2.75) is 25.8 Å². The second-order valence-corrected chi connectivity index (χ2v) is 7.21. The zero-order chi connectivity index (χ0) is 17.2. The lowest BCUT2D eigenvalue weighted by molar-refractivity contribution is 0.102. The maximum Gasteiger partial charge on any atom is 0.256 e. The summed E-state index contributed by atoms with van der Waals surface area (Å²) in [5.74, 6) is 0.612. The minimum atomic E-state index is -0.0905. The summed E-state index contributed by atoms with van der Waals surface area (Å²) in [6.45, 7) is 0.611. The van der Waals surface area contributed by atoms with E-state index in [1.54, 1.807) is 10.9 Å². The average Bonchev–Trinajstić information content (AvgIpc) is 3.25. The number of anilines is 1. The number of nitrogens with one attached hydrogen (secondary N) is 1. The first-order chi connectivity index (χ1) is 12.2. The monoisotopic (exact) mass is 395 g/mol. The maximum absolute atomic E-state index is 12.6. The maximum atomic E-state index is 12.6. The van der Waals surface area contributed by atoms with Crippen LogP contribution in [0, 0.1) is 0 Å². The van der Waals surface area contributed by atoms with Crippen molar-refractivity contribution < 1.29 is 4.79 Å². The van der Waals surface area contributed by atoms with Gasteiger partial charge in [0.05, 0.1) is 12.7 Å². The van der Waals surface area contributed by atoms with Crippen molar-refractivity contribution in [3.8, 4) is 0 Å². The van der Waals surface area contributed by atoms with Crippen LogP contribution in [0.3, 0.4) is 0 Å². The molecule has 1 amide bonds. The van der Waals surface area contributed by atoms with Gasteiger partial charge < -0.3 is 5.32 Å². The predicted molar refractivity (Wildman–Crippen MR) is 102 cm³/mol. The number of carbonyl (C=O) groups is 1. The Hall–Kier alpha value is -2.40. The third-order valence-corrected chi connectivity index (χ3v) is 5.09. The molecule has 2 aromatic carbocycles. The molecule has 4 nitrogen and oxygen atoms in total. The van der Waals surface area contributed by atoms with Crippen molar-refractivity contribution in [2.75, 3.05) is 5.32 Å². The second kappa shape index (κ2) is 6.84. The second-order valence-electron chi connectivity index (χ2n) is 6.29. The molecular weight excluding hydrogens is 378 g/mol. The van der Waals surface area contributed by atoms with Crippen LogP contribution in [-0.4, -0.2) is 15.7 Å². The van der Waals surface area contributed by atoms with E-state index in [9.17, 15) is 4.79 Å². The van der Waals surface area contributed by atoms with E-state index in [1.165, 1.54) is 17.5 Å². The number of aryl methyl sites for hydroxylation is 2. The van der Waals surface area contributed by atoms with E-state index < -0.39 is 0 Å². The van der Waals surface area contributed by atoms with Crippen LogP contribution in [-0.2, 0) is 19.4 Å². The number of hydrogen-bond acceptors (Lipinski definition) is 2. The van der Waals surface area contributed by atoms with Gasteiger partial charge in [0.2, 0.25) is 0 Å². The van der Waals surface area contributed by atoms with Crippen LogP contribution in [0.15, 0.2) is 59.2 Å². The van der Waals surface area contributed by atoms with E-state index in [0.717, 1.165) is 22.9 Å². The third kappa shape index (κ3) is 3.51. The first-order valence-electron chi connectivity index (χ1n) is 8.38. The summed E-state index contributed by atoms with van der Waals surface area (Å²) in [6.07, 6.45) is 5.08. The Morgan fingerprint density at radius 1 is 1.08 bits per heavy atom. The summed E-state index contributed by atoms with van der Waals surface area (Å²) in [6, 6.07) is 15.9. The highest BCUT2D eigenvalue weighted by Gasteiger charge is 2.15. The van der Waals surface area contributed by atoms with Gasteiger partial charge in [-0.1, -0.05) is 34.1 Å². The van der Waals surface area contributed by atoms with E-state index >= 15 is 0 Å². The minimum Gasteiger partial charge on any atom is -0.307 e. The van der Waals surface area contributed by atoms with Crippen molar-refractivity contribution in [3.63, 3.8) is 0 Å². The summed E-state index contributed by atoms with van der Waals surface area (Å²) < 4.78 is 2.84. The van der Waals surface area contributed by atoms with Gasteiger partial charge in [0, 0.05) is 16.1 Å². The van der Waals surface area contributed by atoms with E-state index in [4.69, 9.17) is 0 Å². The molecule has 5 heteroatoms. The summed E-state index contributed by atoms with van der Waals surface area (Å²) in [4.78, 5) is 12.6. The molecule has 1 aromatic heterocycles. The Bertz CT molecular complexity index is 915. The first kappa shape index (κ1) is 16.1. The van der Waals surface area contributed by atoms with Gasteiger partial charge in [-0.15, -0.1) is 0 Å². The number of rotatable bonds is 4. The molecule has 0 atom stereocenters. The molecule has 1 aliphatic rings. The fourth-order valence-corrected chi connectivity index (χ4v) is 3.49. The quantitative estimate of drug-likeness (QED) is 0.709. The summed E-state index contributed by atoms with van der Waals surface area (Å²) in [5.41, 5.74) is 4.50. The molecule has 0 fully saturated rings. The number of benzene rings is 2. The standard InChI is InChI=1S/C20H18BrN3O/c21-18-8-4-14(5-9-18)13-24-19(10-11-22-24)23-20(25)17-7-6-15-2-1-3-16(15)12-17/h4-12H,1-3,13H2,(H,23,25). The average molecular weight is 396 g/mol. The van der Waals surface area contributed by atoms with E-state index in [2.05, 4.69) is 32.4 Å². The van der Waals surface area contributed by atoms with Gasteiger partial charge >= 0.3 is 0 Å². The van der Waals surface area contributed by atoms with Crippen molar-refractivity contribution in [3.05, 3.63) is 81.5 Å². The van der Waals surface area contributed by atoms with Crippen LogP contribution >= 0.6 is 15.9 Å². The fraction of sp³-hybridized carbons (Fsp3) is 0.200. The lowest BCUT2D eigenvalue weighted by Gasteiger charge is -2.10. The molecule has 0 saturated heterocycles.